The number of nitrogens with one attached hydrogen (secondary N) is 2. The molecule has 0 saturated carbocycles. The molecule has 1 aromatic rings. The molecule has 0 aromatic heterocycles. The zero-order valence-electron chi connectivity index (χ0n) is 14.6. The molecule has 12 heteroatoms. The van der Waals surface area contributed by atoms with Gasteiger partial charge in [-0.3, -0.25) is 15.0 Å². The summed E-state index contributed by atoms with van der Waals surface area (Å²) >= 11 is 0. The number of hydrogen-bond donors (Lipinski definition) is 3. The monoisotopic (exact) mass is 406 g/mol. The van der Waals surface area contributed by atoms with Crippen LogP contribution in [0.15, 0.2) is 18.2 Å². The van der Waals surface area contributed by atoms with E-state index in [0.717, 1.165) is 31.9 Å². The summed E-state index contributed by atoms with van der Waals surface area (Å²) in [5.74, 6) is -3.53. The Balaban J connectivity index is 0.000000345. The molecule has 2 heterocycles. The molecule has 2 aliphatic heterocycles. The summed E-state index contributed by atoms with van der Waals surface area (Å²) in [6.07, 6.45) is -4.90. The van der Waals surface area contributed by atoms with E-state index in [9.17, 15) is 27.2 Å². The van der Waals surface area contributed by atoms with Gasteiger partial charge in [-0.25, -0.2) is 14.0 Å². The number of carboxylic acids is 1. The lowest BCUT2D eigenvalue weighted by Gasteiger charge is -2.31. The Morgan fingerprint density at radius 1 is 1.11 bits per heavy atom. The minimum Gasteiger partial charge on any atom is -0.475 e. The van der Waals surface area contributed by atoms with Crippen LogP contribution in [0.2, 0.25) is 0 Å². The lowest BCUT2D eigenvalue weighted by atomic mass is 10.2. The Morgan fingerprint density at radius 3 is 2.21 bits per heavy atom. The first-order chi connectivity index (χ1) is 13.1. The van der Waals surface area contributed by atoms with Gasteiger partial charge >= 0.3 is 18.2 Å². The maximum absolute atomic E-state index is 14.3. The number of alkyl halides is 3. The van der Waals surface area contributed by atoms with Crippen molar-refractivity contribution < 1.29 is 37.1 Å². The summed E-state index contributed by atoms with van der Waals surface area (Å²) in [4.78, 5) is 35.1. The van der Waals surface area contributed by atoms with E-state index < -0.39 is 24.0 Å². The predicted molar refractivity (Wildman–Crippen MR) is 90.7 cm³/mol. The summed E-state index contributed by atoms with van der Waals surface area (Å²) in [5.41, 5.74) is 1.02. The van der Waals surface area contributed by atoms with Crippen LogP contribution >= 0.6 is 0 Å². The Morgan fingerprint density at radius 2 is 1.71 bits per heavy atom. The largest absolute Gasteiger partial charge is 0.490 e. The molecular formula is C16H18F4N4O4. The molecule has 1 aromatic carbocycles. The van der Waals surface area contributed by atoms with Crippen LogP contribution < -0.4 is 20.4 Å². The highest BCUT2D eigenvalue weighted by Gasteiger charge is 2.38. The van der Waals surface area contributed by atoms with E-state index in [1.54, 1.807) is 6.07 Å². The number of anilines is 2. The summed E-state index contributed by atoms with van der Waals surface area (Å²) in [7, 11) is 0. The highest BCUT2D eigenvalue weighted by molar-refractivity contribution is 6.05. The van der Waals surface area contributed by atoms with Crippen LogP contribution in [0.4, 0.5) is 33.7 Å². The molecule has 28 heavy (non-hydrogen) atoms. The summed E-state index contributed by atoms with van der Waals surface area (Å²) in [6.45, 7) is 3.61. The minimum absolute atomic E-state index is 0.185. The van der Waals surface area contributed by atoms with Crippen LogP contribution in [0.5, 0.6) is 0 Å². The Kier molecular flexibility index (Phi) is 6.78. The third-order valence-electron chi connectivity index (χ3n) is 4.00. The van der Waals surface area contributed by atoms with Gasteiger partial charge in [0.25, 0.3) is 0 Å². The van der Waals surface area contributed by atoms with E-state index in [0.29, 0.717) is 0 Å². The third-order valence-corrected chi connectivity index (χ3v) is 4.00. The lowest BCUT2D eigenvalue weighted by Crippen LogP contribution is -2.50. The topological polar surface area (TPSA) is 102 Å². The van der Waals surface area contributed by atoms with E-state index in [2.05, 4.69) is 15.5 Å². The molecule has 3 rings (SSSR count). The number of nitrogens with zero attached hydrogens (tertiary/aromatic N) is 2. The zero-order chi connectivity index (χ0) is 20.9. The highest BCUT2D eigenvalue weighted by Crippen LogP contribution is 2.26. The number of aliphatic carboxylic acids is 1. The number of piperazine rings is 1. The number of carbonyl (C=O) groups is 3. The third kappa shape index (κ3) is 5.55. The van der Waals surface area contributed by atoms with Gasteiger partial charge in [0, 0.05) is 44.8 Å². The van der Waals surface area contributed by atoms with E-state index in [1.165, 1.54) is 11.0 Å². The average Bonchev–Trinajstić information content (AvgIpc) is 2.63. The maximum Gasteiger partial charge on any atom is 0.490 e. The number of imide groups is 1. The number of carboxylic acid groups (broad SMARTS) is 1. The first-order valence-electron chi connectivity index (χ1n) is 8.26. The standard InChI is InChI=1S/C14H17FN4O2.C2HF3O2/c15-11-9-10(18-7-4-16-5-8-18)1-2-12(11)19-6-3-13(20)17-14(19)21;3-2(4,5)1(6)7/h1-2,9,16H,3-8H2,(H,17,20,21);(H,6,7). The first-order valence-corrected chi connectivity index (χ1v) is 8.26. The fraction of sp³-hybridized carbons (Fsp3) is 0.438. The molecule has 3 amide bonds. The number of rotatable bonds is 2. The van der Waals surface area contributed by atoms with Crippen LogP contribution in [0.25, 0.3) is 0 Å². The highest BCUT2D eigenvalue weighted by atomic mass is 19.4. The van der Waals surface area contributed by atoms with Crippen LogP contribution in [0.3, 0.4) is 0 Å². The van der Waals surface area contributed by atoms with Crippen molar-refractivity contribution in [2.45, 2.75) is 12.6 Å². The fourth-order valence-electron chi connectivity index (χ4n) is 2.63. The molecule has 0 unspecified atom stereocenters. The summed E-state index contributed by atoms with van der Waals surface area (Å²) in [6, 6.07) is 4.29. The Bertz CT molecular complexity index is 751. The molecule has 0 bridgehead atoms. The number of carbonyl (C=O) groups excluding carboxylic acids is 2. The van der Waals surface area contributed by atoms with Crippen LogP contribution in [0.1, 0.15) is 6.42 Å². The Labute approximate surface area is 157 Å². The second kappa shape index (κ2) is 8.87. The van der Waals surface area contributed by atoms with Crippen molar-refractivity contribution in [2.24, 2.45) is 0 Å². The number of benzene rings is 1. The van der Waals surface area contributed by atoms with Crippen molar-refractivity contribution in [3.63, 3.8) is 0 Å². The smallest absolute Gasteiger partial charge is 0.475 e. The molecular weight excluding hydrogens is 388 g/mol. The molecule has 2 aliphatic rings. The molecule has 154 valence electrons. The molecule has 0 spiro atoms. The number of hydrogen-bond acceptors (Lipinski definition) is 5. The molecule has 2 saturated heterocycles. The van der Waals surface area contributed by atoms with E-state index in [-0.39, 0.29) is 24.6 Å². The van der Waals surface area contributed by atoms with Crippen LogP contribution in [-0.2, 0) is 9.59 Å². The predicted octanol–water partition coefficient (Wildman–Crippen LogP) is 1.31. The molecule has 0 aliphatic carbocycles. The van der Waals surface area contributed by atoms with Crippen LogP contribution in [-0.4, -0.2) is 61.9 Å². The van der Waals surface area contributed by atoms with Gasteiger partial charge in [0.15, 0.2) is 0 Å². The minimum atomic E-state index is -5.08. The van der Waals surface area contributed by atoms with E-state index in [4.69, 9.17) is 9.90 Å². The van der Waals surface area contributed by atoms with Gasteiger partial charge in [0.1, 0.15) is 5.82 Å². The SMILES string of the molecule is O=C(O)C(F)(F)F.O=C1CCN(c2ccc(N3CCNCC3)cc2F)C(=O)N1. The van der Waals surface area contributed by atoms with Gasteiger partial charge < -0.3 is 15.3 Å². The molecule has 8 nitrogen and oxygen atoms in total. The van der Waals surface area contributed by atoms with Crippen LogP contribution in [0, 0.1) is 5.82 Å². The van der Waals surface area contributed by atoms with Gasteiger partial charge in [-0.2, -0.15) is 13.2 Å². The number of amides is 3. The van der Waals surface area contributed by atoms with Crippen molar-refractivity contribution in [2.75, 3.05) is 42.5 Å². The van der Waals surface area contributed by atoms with Gasteiger partial charge in [0.05, 0.1) is 5.69 Å². The van der Waals surface area contributed by atoms with Gasteiger partial charge in [-0.1, -0.05) is 0 Å². The van der Waals surface area contributed by atoms with E-state index >= 15 is 0 Å². The maximum atomic E-state index is 14.3. The number of halogens is 4. The average molecular weight is 406 g/mol. The van der Waals surface area contributed by atoms with E-state index in [1.807, 2.05) is 6.07 Å². The molecule has 2 fully saturated rings. The second-order valence-electron chi connectivity index (χ2n) is 5.93. The molecule has 3 N–H and O–H groups in total. The Hall–Kier alpha value is -2.89. The van der Waals surface area contributed by atoms with Crippen molar-refractivity contribution in [3.05, 3.63) is 24.0 Å². The van der Waals surface area contributed by atoms with Crippen molar-refractivity contribution in [1.29, 1.82) is 0 Å². The lowest BCUT2D eigenvalue weighted by molar-refractivity contribution is -0.192. The van der Waals surface area contributed by atoms with Crippen molar-refractivity contribution >= 4 is 29.3 Å². The second-order valence-corrected chi connectivity index (χ2v) is 5.93. The molecule has 0 atom stereocenters. The van der Waals surface area contributed by atoms with Gasteiger partial charge in [0.2, 0.25) is 5.91 Å². The quantitative estimate of drug-likeness (QED) is 0.641. The summed E-state index contributed by atoms with van der Waals surface area (Å²) < 4.78 is 46.0. The first kappa shape index (κ1) is 21.4. The fourth-order valence-corrected chi connectivity index (χ4v) is 2.63. The van der Waals surface area contributed by atoms with Gasteiger partial charge in [-0.15, -0.1) is 0 Å². The zero-order valence-corrected chi connectivity index (χ0v) is 14.6. The summed E-state index contributed by atoms with van der Waals surface area (Å²) in [5, 5.41) is 12.6. The van der Waals surface area contributed by atoms with Crippen molar-refractivity contribution in [3.8, 4) is 0 Å². The molecule has 0 radical (unpaired) electrons. The van der Waals surface area contributed by atoms with Crippen molar-refractivity contribution in [1.82, 2.24) is 10.6 Å². The normalized spacial score (nSPS) is 17.6. The van der Waals surface area contributed by atoms with Gasteiger partial charge in [-0.05, 0) is 18.2 Å². The number of urea groups is 1.